The molecule has 2 aromatic rings. The first kappa shape index (κ1) is 16.7. The van der Waals surface area contributed by atoms with Crippen molar-refractivity contribution < 1.29 is 4.79 Å². The molecule has 1 aromatic heterocycles. The number of carbonyl (C=O) groups excluding carboxylic acids is 1. The van der Waals surface area contributed by atoms with E-state index in [1.54, 1.807) is 12.4 Å². The van der Waals surface area contributed by atoms with Gasteiger partial charge in [0.15, 0.2) is 5.78 Å². The monoisotopic (exact) mass is 368 g/mol. The summed E-state index contributed by atoms with van der Waals surface area (Å²) in [6.07, 6.45) is 6.97. The first-order chi connectivity index (χ1) is 13.7. The molecule has 0 bridgehead atoms. The summed E-state index contributed by atoms with van der Waals surface area (Å²) in [5.74, 6) is -0.253. The number of benzene rings is 1. The lowest BCUT2D eigenvalue weighted by molar-refractivity contribution is -0.121. The number of allylic oxidation sites excluding steroid dienone is 3. The zero-order valence-corrected chi connectivity index (χ0v) is 15.4. The van der Waals surface area contributed by atoms with Crippen molar-refractivity contribution in [1.82, 2.24) is 15.6 Å². The molecule has 0 saturated heterocycles. The Labute approximate surface area is 162 Å². The third kappa shape index (κ3) is 2.10. The van der Waals surface area contributed by atoms with Crippen LogP contribution in [0.4, 0.5) is 0 Å². The minimum absolute atomic E-state index is 0.0547. The van der Waals surface area contributed by atoms with Crippen LogP contribution in [0.5, 0.6) is 0 Å². The normalized spacial score (nSPS) is 27.9. The second-order valence-corrected chi connectivity index (χ2v) is 7.57. The molecule has 3 atom stereocenters. The predicted molar refractivity (Wildman–Crippen MR) is 104 cm³/mol. The number of aromatic nitrogens is 2. The number of hydrogen-bond donors (Lipinski definition) is 1. The van der Waals surface area contributed by atoms with Gasteiger partial charge >= 0.3 is 0 Å². The van der Waals surface area contributed by atoms with E-state index < -0.39 is 5.41 Å². The Morgan fingerprint density at radius 1 is 1.29 bits per heavy atom. The Kier molecular flexibility index (Phi) is 3.59. The molecule has 0 unspecified atom stereocenters. The molecule has 1 aliphatic heterocycles. The van der Waals surface area contributed by atoms with E-state index in [4.69, 9.17) is 5.10 Å². The van der Waals surface area contributed by atoms with Gasteiger partial charge in [-0.25, -0.2) is 0 Å². The van der Waals surface area contributed by atoms with Crippen molar-refractivity contribution in [2.24, 2.45) is 16.9 Å². The number of aromatic amines is 1. The summed E-state index contributed by atoms with van der Waals surface area (Å²) in [6, 6.07) is 12.2. The highest BCUT2D eigenvalue weighted by atomic mass is 16.1. The van der Waals surface area contributed by atoms with Crippen molar-refractivity contribution in [3.8, 4) is 6.07 Å². The quantitative estimate of drug-likeness (QED) is 0.883. The van der Waals surface area contributed by atoms with Crippen molar-refractivity contribution in [2.75, 3.05) is 0 Å². The second-order valence-electron chi connectivity index (χ2n) is 7.57. The van der Waals surface area contributed by atoms with Gasteiger partial charge in [-0.3, -0.25) is 9.89 Å². The number of nitrogens with zero attached hydrogens (tertiary/aromatic N) is 4. The summed E-state index contributed by atoms with van der Waals surface area (Å²) in [6.45, 7) is 1.94. The molecule has 1 aromatic carbocycles. The second kappa shape index (κ2) is 6.03. The van der Waals surface area contributed by atoms with Gasteiger partial charge in [0.1, 0.15) is 6.07 Å². The maximum absolute atomic E-state index is 12.8. The fourth-order valence-electron chi connectivity index (χ4n) is 5.03. The zero-order chi connectivity index (χ0) is 19.3. The minimum Gasteiger partial charge on any atom is -0.293 e. The molecule has 1 N–H and O–H groups in total. The first-order valence-electron chi connectivity index (χ1n) is 9.41. The van der Waals surface area contributed by atoms with E-state index in [2.05, 4.69) is 33.8 Å². The number of nitriles is 1. The highest BCUT2D eigenvalue weighted by molar-refractivity contribution is 6.10. The molecule has 1 radical (unpaired) electrons. The maximum Gasteiger partial charge on any atom is 0.176 e. The number of H-pyrrole nitrogens is 1. The molecule has 137 valence electrons. The highest BCUT2D eigenvalue weighted by Crippen LogP contribution is 2.53. The molecule has 0 spiro atoms. The fraction of sp³-hybridized carbons (Fsp3) is 0.273. The van der Waals surface area contributed by atoms with E-state index in [0.29, 0.717) is 0 Å². The minimum atomic E-state index is -0.602. The fourth-order valence-corrected chi connectivity index (χ4v) is 5.03. The summed E-state index contributed by atoms with van der Waals surface area (Å²) >= 11 is 0. The maximum atomic E-state index is 12.8. The number of hydrogen-bond acceptors (Lipinski definition) is 4. The number of nitrogens with one attached hydrogen (secondary N) is 1. The van der Waals surface area contributed by atoms with Crippen molar-refractivity contribution in [2.45, 2.75) is 25.2 Å². The molecule has 2 heterocycles. The van der Waals surface area contributed by atoms with Gasteiger partial charge < -0.3 is 0 Å². The Hall–Kier alpha value is -3.46. The number of ketones is 1. The van der Waals surface area contributed by atoms with Crippen LogP contribution in [0.15, 0.2) is 53.3 Å². The van der Waals surface area contributed by atoms with Gasteiger partial charge in [0.2, 0.25) is 0 Å². The zero-order valence-electron chi connectivity index (χ0n) is 15.4. The number of fused-ring (bicyclic) bond motifs is 3. The lowest BCUT2D eigenvalue weighted by atomic mass is 9.54. The first-order valence-corrected chi connectivity index (χ1v) is 9.41. The summed E-state index contributed by atoms with van der Waals surface area (Å²) in [5, 5.41) is 21.5. The predicted octanol–water partition coefficient (Wildman–Crippen LogP) is 2.87. The number of Topliss-reactive ketones (excluding diaryl/α,β-unsaturated/α-hetero) is 1. The van der Waals surface area contributed by atoms with Crippen molar-refractivity contribution >= 4 is 17.6 Å². The standard InChI is InChI=1S/C22H18N5O/c1-13-18-8-7-17-19(15-11-24-25-12-15)26-27-21(17)22(18,9-14(10-23)20(13)28)16-5-3-2-4-6-16/h2-6,9,11-13,18H,7-8H2,1H3,(H,26,27)/t13-,18-,22+/m0/s1. The molecule has 6 nitrogen and oxygen atoms in total. The van der Waals surface area contributed by atoms with Crippen LogP contribution in [0.25, 0.3) is 5.57 Å². The van der Waals surface area contributed by atoms with Gasteiger partial charge in [-0.15, -0.1) is 0 Å². The summed E-state index contributed by atoms with van der Waals surface area (Å²) in [4.78, 5) is 12.8. The average Bonchev–Trinajstić information content (AvgIpc) is 3.40. The van der Waals surface area contributed by atoms with E-state index >= 15 is 0 Å². The smallest absolute Gasteiger partial charge is 0.176 e. The lowest BCUT2D eigenvalue weighted by Gasteiger charge is -2.46. The van der Waals surface area contributed by atoms with E-state index in [0.717, 1.165) is 40.9 Å². The van der Waals surface area contributed by atoms with E-state index in [1.807, 2.05) is 31.2 Å². The van der Waals surface area contributed by atoms with Crippen molar-refractivity contribution in [1.29, 1.82) is 5.26 Å². The largest absolute Gasteiger partial charge is 0.293 e. The molecule has 28 heavy (non-hydrogen) atoms. The molecular formula is C22H18N5O. The van der Waals surface area contributed by atoms with Gasteiger partial charge in [-0.05, 0) is 30.4 Å². The summed E-state index contributed by atoms with van der Waals surface area (Å²) in [7, 11) is 0. The SMILES string of the molecule is C[C@@H]1C(=O)C(C#N)=C[C@]2(c3ccccc3)c3n[nH]c(C4=C[N]N=C4)c3CC[C@@H]12. The molecule has 5 rings (SSSR count). The van der Waals surface area contributed by atoms with Gasteiger partial charge in [0.05, 0.1) is 34.8 Å². The van der Waals surface area contributed by atoms with E-state index in [-0.39, 0.29) is 23.2 Å². The molecule has 0 saturated carbocycles. The van der Waals surface area contributed by atoms with Gasteiger partial charge in [-0.1, -0.05) is 37.3 Å². The Morgan fingerprint density at radius 3 is 2.82 bits per heavy atom. The average molecular weight is 368 g/mol. The van der Waals surface area contributed by atoms with Crippen LogP contribution in [-0.4, -0.2) is 22.2 Å². The summed E-state index contributed by atoms with van der Waals surface area (Å²) in [5.41, 5.74) is 8.46. The van der Waals surface area contributed by atoms with Crippen LogP contribution in [-0.2, 0) is 16.6 Å². The van der Waals surface area contributed by atoms with Gasteiger partial charge in [0, 0.05) is 17.1 Å². The van der Waals surface area contributed by atoms with Crippen LogP contribution in [0, 0.1) is 23.2 Å². The molecule has 2 aliphatic carbocycles. The van der Waals surface area contributed by atoms with Crippen molar-refractivity contribution in [3.05, 3.63) is 70.7 Å². The Bertz CT molecular complexity index is 1100. The topological polar surface area (TPSA) is 96.0 Å². The summed E-state index contributed by atoms with van der Waals surface area (Å²) < 4.78 is 0. The third-order valence-electron chi connectivity index (χ3n) is 6.32. The Morgan fingerprint density at radius 2 is 2.11 bits per heavy atom. The molecule has 6 heteroatoms. The van der Waals surface area contributed by atoms with Crippen LogP contribution in [0.2, 0.25) is 0 Å². The van der Waals surface area contributed by atoms with E-state index in [9.17, 15) is 10.1 Å². The third-order valence-corrected chi connectivity index (χ3v) is 6.32. The van der Waals surface area contributed by atoms with Crippen LogP contribution in [0.1, 0.15) is 35.9 Å². The van der Waals surface area contributed by atoms with Crippen LogP contribution < -0.4 is 5.43 Å². The molecule has 0 amide bonds. The van der Waals surface area contributed by atoms with Gasteiger partial charge in [-0.2, -0.15) is 20.9 Å². The number of carbonyl (C=O) groups is 1. The molecular weight excluding hydrogens is 350 g/mol. The lowest BCUT2D eigenvalue weighted by Crippen LogP contribution is -2.48. The van der Waals surface area contributed by atoms with Gasteiger partial charge in [0.25, 0.3) is 0 Å². The Balaban J connectivity index is 1.81. The molecule has 0 fully saturated rings. The van der Waals surface area contributed by atoms with Crippen molar-refractivity contribution in [3.63, 3.8) is 0 Å². The van der Waals surface area contributed by atoms with Crippen LogP contribution >= 0.6 is 0 Å². The number of rotatable bonds is 2. The van der Waals surface area contributed by atoms with E-state index in [1.165, 1.54) is 0 Å². The molecule has 3 aliphatic rings. The highest BCUT2D eigenvalue weighted by Gasteiger charge is 2.53. The van der Waals surface area contributed by atoms with Crippen LogP contribution in [0.3, 0.4) is 0 Å².